The Morgan fingerprint density at radius 1 is 1.29 bits per heavy atom. The van der Waals surface area contributed by atoms with Gasteiger partial charge in [0.05, 0.1) is 7.11 Å². The minimum Gasteiger partial charge on any atom is -0.496 e. The Labute approximate surface area is 99.1 Å². The average Bonchev–Trinajstić information content (AvgIpc) is 2.29. The molecule has 17 heavy (non-hydrogen) atoms. The van der Waals surface area contributed by atoms with Crippen LogP contribution in [0.25, 0.3) is 0 Å². The first-order valence-corrected chi connectivity index (χ1v) is 5.22. The van der Waals surface area contributed by atoms with Crippen LogP contribution in [-0.2, 0) is 6.42 Å². The van der Waals surface area contributed by atoms with E-state index in [9.17, 15) is 4.39 Å². The lowest BCUT2D eigenvalue weighted by atomic mass is 10.0. The third-order valence-electron chi connectivity index (χ3n) is 2.48. The lowest BCUT2D eigenvalue weighted by molar-refractivity contribution is 0.409. The van der Waals surface area contributed by atoms with Crippen LogP contribution in [0.15, 0.2) is 36.5 Å². The van der Waals surface area contributed by atoms with Gasteiger partial charge in [-0.05, 0) is 35.9 Å². The average molecular weight is 232 g/mol. The van der Waals surface area contributed by atoms with Crippen LogP contribution in [0.5, 0.6) is 5.75 Å². The summed E-state index contributed by atoms with van der Waals surface area (Å²) in [7, 11) is 1.57. The lowest BCUT2D eigenvalue weighted by Crippen LogP contribution is -1.97. The molecule has 0 bridgehead atoms. The van der Waals surface area contributed by atoms with E-state index in [0.29, 0.717) is 18.0 Å². The normalized spacial score (nSPS) is 10.2. The second-order valence-corrected chi connectivity index (χ2v) is 3.72. The fourth-order valence-corrected chi connectivity index (χ4v) is 1.71. The molecule has 2 rings (SSSR count). The van der Waals surface area contributed by atoms with Crippen LogP contribution in [0.2, 0.25) is 0 Å². The van der Waals surface area contributed by atoms with Crippen LogP contribution in [0.3, 0.4) is 0 Å². The number of rotatable bonds is 3. The SMILES string of the molecule is COc1ccc(F)cc1Cc1ccnc(N)c1. The van der Waals surface area contributed by atoms with E-state index >= 15 is 0 Å². The molecule has 0 amide bonds. The van der Waals surface area contributed by atoms with Gasteiger partial charge in [-0.2, -0.15) is 0 Å². The third-order valence-corrected chi connectivity index (χ3v) is 2.48. The van der Waals surface area contributed by atoms with Crippen molar-refractivity contribution in [2.45, 2.75) is 6.42 Å². The van der Waals surface area contributed by atoms with Crippen LogP contribution in [0.4, 0.5) is 10.2 Å². The molecule has 0 atom stereocenters. The van der Waals surface area contributed by atoms with Gasteiger partial charge < -0.3 is 10.5 Å². The molecule has 0 aliphatic rings. The molecule has 0 saturated heterocycles. The van der Waals surface area contributed by atoms with Gasteiger partial charge in [0.25, 0.3) is 0 Å². The van der Waals surface area contributed by atoms with Crippen molar-refractivity contribution in [1.29, 1.82) is 0 Å². The van der Waals surface area contributed by atoms with Gasteiger partial charge in [-0.3, -0.25) is 0 Å². The Bertz CT molecular complexity index is 529. The summed E-state index contributed by atoms with van der Waals surface area (Å²) in [6.07, 6.45) is 2.20. The molecule has 0 aliphatic heterocycles. The molecule has 3 nitrogen and oxygen atoms in total. The maximum atomic E-state index is 13.2. The van der Waals surface area contributed by atoms with Crippen molar-refractivity contribution in [2.24, 2.45) is 0 Å². The topological polar surface area (TPSA) is 48.1 Å². The highest BCUT2D eigenvalue weighted by Gasteiger charge is 2.06. The van der Waals surface area contributed by atoms with E-state index < -0.39 is 0 Å². The number of pyridine rings is 1. The van der Waals surface area contributed by atoms with Crippen molar-refractivity contribution in [1.82, 2.24) is 4.98 Å². The molecule has 0 fully saturated rings. The quantitative estimate of drug-likeness (QED) is 0.884. The minimum atomic E-state index is -0.275. The Morgan fingerprint density at radius 2 is 2.12 bits per heavy atom. The molecular formula is C13H13FN2O. The summed E-state index contributed by atoms with van der Waals surface area (Å²) in [5.74, 6) is 0.850. The Morgan fingerprint density at radius 3 is 2.82 bits per heavy atom. The maximum absolute atomic E-state index is 13.2. The largest absolute Gasteiger partial charge is 0.496 e. The van der Waals surface area contributed by atoms with Gasteiger partial charge in [-0.25, -0.2) is 9.37 Å². The minimum absolute atomic E-state index is 0.275. The predicted octanol–water partition coefficient (Wildman–Crippen LogP) is 2.40. The van der Waals surface area contributed by atoms with E-state index in [1.807, 2.05) is 6.07 Å². The van der Waals surface area contributed by atoms with Gasteiger partial charge in [-0.15, -0.1) is 0 Å². The third kappa shape index (κ3) is 2.72. The molecule has 0 spiro atoms. The molecule has 1 aromatic heterocycles. The molecule has 0 radical (unpaired) electrons. The molecule has 0 unspecified atom stereocenters. The monoisotopic (exact) mass is 232 g/mol. The summed E-state index contributed by atoms with van der Waals surface area (Å²) in [5.41, 5.74) is 7.36. The summed E-state index contributed by atoms with van der Waals surface area (Å²) in [6, 6.07) is 8.08. The highest BCUT2D eigenvalue weighted by molar-refractivity contribution is 5.40. The van der Waals surface area contributed by atoms with Crippen molar-refractivity contribution in [3.63, 3.8) is 0 Å². The number of hydrogen-bond acceptors (Lipinski definition) is 3. The number of nitrogens with two attached hydrogens (primary N) is 1. The number of ether oxygens (including phenoxy) is 1. The van der Waals surface area contributed by atoms with E-state index in [1.54, 1.807) is 25.4 Å². The number of hydrogen-bond donors (Lipinski definition) is 1. The Kier molecular flexibility index (Phi) is 3.23. The van der Waals surface area contributed by atoms with Crippen molar-refractivity contribution in [3.8, 4) is 5.75 Å². The Balaban J connectivity index is 2.32. The zero-order chi connectivity index (χ0) is 12.3. The molecule has 4 heteroatoms. The summed E-state index contributed by atoms with van der Waals surface area (Å²) < 4.78 is 18.4. The molecule has 0 aliphatic carbocycles. The Hall–Kier alpha value is -2.10. The highest BCUT2D eigenvalue weighted by atomic mass is 19.1. The van der Waals surface area contributed by atoms with Gasteiger partial charge in [-0.1, -0.05) is 0 Å². The molecular weight excluding hydrogens is 219 g/mol. The zero-order valence-corrected chi connectivity index (χ0v) is 9.48. The maximum Gasteiger partial charge on any atom is 0.123 e. The number of nitrogen functional groups attached to an aromatic ring is 1. The lowest BCUT2D eigenvalue weighted by Gasteiger charge is -2.08. The summed E-state index contributed by atoms with van der Waals surface area (Å²) in [4.78, 5) is 3.91. The van der Waals surface area contributed by atoms with Crippen molar-refractivity contribution in [3.05, 3.63) is 53.5 Å². The van der Waals surface area contributed by atoms with Crippen molar-refractivity contribution < 1.29 is 9.13 Å². The predicted molar refractivity (Wildman–Crippen MR) is 64.4 cm³/mol. The van der Waals surface area contributed by atoms with Gasteiger partial charge in [0.15, 0.2) is 0 Å². The molecule has 2 aromatic rings. The van der Waals surface area contributed by atoms with Crippen LogP contribution in [-0.4, -0.2) is 12.1 Å². The van der Waals surface area contributed by atoms with E-state index in [-0.39, 0.29) is 5.82 Å². The number of aromatic nitrogens is 1. The number of methoxy groups -OCH3 is 1. The van der Waals surface area contributed by atoms with Gasteiger partial charge >= 0.3 is 0 Å². The van der Waals surface area contributed by atoms with E-state index in [2.05, 4.69) is 4.98 Å². The molecule has 1 aromatic carbocycles. The second-order valence-electron chi connectivity index (χ2n) is 3.72. The summed E-state index contributed by atoms with van der Waals surface area (Å²) in [6.45, 7) is 0. The van der Waals surface area contributed by atoms with Gasteiger partial charge in [0.1, 0.15) is 17.4 Å². The van der Waals surface area contributed by atoms with Crippen molar-refractivity contribution >= 4 is 5.82 Å². The van der Waals surface area contributed by atoms with Crippen LogP contribution < -0.4 is 10.5 Å². The highest BCUT2D eigenvalue weighted by Crippen LogP contribution is 2.22. The molecule has 1 heterocycles. The standard InChI is InChI=1S/C13H13FN2O/c1-17-12-3-2-11(14)8-10(12)6-9-4-5-16-13(15)7-9/h2-5,7-8H,6H2,1H3,(H2,15,16). The first-order chi connectivity index (χ1) is 8.19. The zero-order valence-electron chi connectivity index (χ0n) is 9.48. The van der Waals surface area contributed by atoms with E-state index in [0.717, 1.165) is 11.1 Å². The molecule has 0 saturated carbocycles. The van der Waals surface area contributed by atoms with Crippen molar-refractivity contribution in [2.75, 3.05) is 12.8 Å². The molecule has 88 valence electrons. The van der Waals surface area contributed by atoms with Crippen LogP contribution in [0, 0.1) is 5.82 Å². The number of anilines is 1. The van der Waals surface area contributed by atoms with E-state index in [4.69, 9.17) is 10.5 Å². The number of benzene rings is 1. The van der Waals surface area contributed by atoms with Crippen LogP contribution >= 0.6 is 0 Å². The second kappa shape index (κ2) is 4.82. The van der Waals surface area contributed by atoms with Gasteiger partial charge in [0, 0.05) is 18.2 Å². The number of halogens is 1. The smallest absolute Gasteiger partial charge is 0.123 e. The number of nitrogens with zero attached hydrogens (tertiary/aromatic N) is 1. The first kappa shape index (κ1) is 11.4. The van der Waals surface area contributed by atoms with Gasteiger partial charge in [0.2, 0.25) is 0 Å². The fraction of sp³-hybridized carbons (Fsp3) is 0.154. The van der Waals surface area contributed by atoms with E-state index in [1.165, 1.54) is 12.1 Å². The molecule has 2 N–H and O–H groups in total. The first-order valence-electron chi connectivity index (χ1n) is 5.22. The fourth-order valence-electron chi connectivity index (χ4n) is 1.71. The summed E-state index contributed by atoms with van der Waals surface area (Å²) >= 11 is 0. The van der Waals surface area contributed by atoms with Crippen LogP contribution in [0.1, 0.15) is 11.1 Å². The summed E-state index contributed by atoms with van der Waals surface area (Å²) in [5, 5.41) is 0.